The molecule has 6 heteroatoms. The maximum Gasteiger partial charge on any atom is 0.249 e. The van der Waals surface area contributed by atoms with Crippen LogP contribution in [0.15, 0.2) is 36.5 Å². The largest absolute Gasteiger partial charge is 0.314 e. The summed E-state index contributed by atoms with van der Waals surface area (Å²) in [5.41, 5.74) is 1.72. The molecule has 1 amide bonds. The molecular formula is C15H21N5O. The zero-order valence-electron chi connectivity index (χ0n) is 12.7. The van der Waals surface area contributed by atoms with E-state index in [4.69, 9.17) is 0 Å². The first-order valence-corrected chi connectivity index (χ1v) is 7.02. The van der Waals surface area contributed by atoms with Gasteiger partial charge in [0, 0.05) is 18.3 Å². The van der Waals surface area contributed by atoms with E-state index in [0.717, 1.165) is 11.4 Å². The minimum absolute atomic E-state index is 0.00268. The van der Waals surface area contributed by atoms with E-state index >= 15 is 0 Å². The standard InChI is InChI=1S/C15H21N5O/c1-12(2)20(14-7-5-4-6-8-14)15(21)11-19-10-13(9-16-3)17-18-19/h4-8,10,12,16H,9,11H2,1-3H3. The fourth-order valence-corrected chi connectivity index (χ4v) is 2.21. The zero-order chi connectivity index (χ0) is 15.2. The normalized spacial score (nSPS) is 10.9. The van der Waals surface area contributed by atoms with Gasteiger partial charge < -0.3 is 10.2 Å². The molecule has 1 heterocycles. The number of nitrogens with zero attached hydrogens (tertiary/aromatic N) is 4. The van der Waals surface area contributed by atoms with Crippen molar-refractivity contribution in [3.63, 3.8) is 0 Å². The molecule has 0 aliphatic rings. The molecule has 0 saturated heterocycles. The zero-order valence-corrected chi connectivity index (χ0v) is 12.7. The molecule has 6 nitrogen and oxygen atoms in total. The smallest absolute Gasteiger partial charge is 0.249 e. The molecule has 1 N–H and O–H groups in total. The second kappa shape index (κ2) is 6.99. The van der Waals surface area contributed by atoms with Gasteiger partial charge in [-0.25, -0.2) is 4.68 Å². The van der Waals surface area contributed by atoms with Crippen molar-refractivity contribution in [2.24, 2.45) is 0 Å². The Balaban J connectivity index is 2.12. The van der Waals surface area contributed by atoms with Gasteiger partial charge in [-0.15, -0.1) is 5.10 Å². The van der Waals surface area contributed by atoms with Crippen molar-refractivity contribution in [1.82, 2.24) is 20.3 Å². The first-order chi connectivity index (χ1) is 10.1. The van der Waals surface area contributed by atoms with Crippen LogP contribution in [0.4, 0.5) is 5.69 Å². The fraction of sp³-hybridized carbons (Fsp3) is 0.400. The lowest BCUT2D eigenvalue weighted by Crippen LogP contribution is -2.39. The highest BCUT2D eigenvalue weighted by Crippen LogP contribution is 2.17. The number of rotatable bonds is 6. The number of carbonyl (C=O) groups excluding carboxylic acids is 1. The minimum atomic E-state index is -0.00268. The first kappa shape index (κ1) is 15.2. The second-order valence-electron chi connectivity index (χ2n) is 5.13. The molecule has 2 aromatic rings. The Morgan fingerprint density at radius 2 is 2.05 bits per heavy atom. The van der Waals surface area contributed by atoms with Gasteiger partial charge in [-0.3, -0.25) is 4.79 Å². The minimum Gasteiger partial charge on any atom is -0.314 e. The quantitative estimate of drug-likeness (QED) is 0.873. The van der Waals surface area contributed by atoms with Gasteiger partial charge in [-0.05, 0) is 33.0 Å². The Hall–Kier alpha value is -2.21. The van der Waals surface area contributed by atoms with Crippen LogP contribution in [0.25, 0.3) is 0 Å². The van der Waals surface area contributed by atoms with Crippen molar-refractivity contribution in [2.75, 3.05) is 11.9 Å². The molecule has 2 rings (SSSR count). The van der Waals surface area contributed by atoms with Gasteiger partial charge in [0.2, 0.25) is 5.91 Å². The third-order valence-corrected chi connectivity index (χ3v) is 3.06. The van der Waals surface area contributed by atoms with Crippen molar-refractivity contribution in [1.29, 1.82) is 0 Å². The van der Waals surface area contributed by atoms with Crippen LogP contribution in [0.5, 0.6) is 0 Å². The topological polar surface area (TPSA) is 63.1 Å². The van der Waals surface area contributed by atoms with E-state index in [1.807, 2.05) is 51.2 Å². The Morgan fingerprint density at radius 3 is 2.67 bits per heavy atom. The van der Waals surface area contributed by atoms with Gasteiger partial charge in [0.15, 0.2) is 0 Å². The molecule has 0 spiro atoms. The predicted octanol–water partition coefficient (Wildman–Crippen LogP) is 1.44. The molecule has 0 unspecified atom stereocenters. The van der Waals surface area contributed by atoms with E-state index in [2.05, 4.69) is 15.6 Å². The molecule has 0 radical (unpaired) electrons. The van der Waals surface area contributed by atoms with Crippen molar-refractivity contribution in [3.05, 3.63) is 42.2 Å². The molecule has 0 fully saturated rings. The van der Waals surface area contributed by atoms with E-state index in [0.29, 0.717) is 6.54 Å². The van der Waals surface area contributed by atoms with Crippen LogP contribution >= 0.6 is 0 Å². The summed E-state index contributed by atoms with van der Waals surface area (Å²) >= 11 is 0. The fourth-order valence-electron chi connectivity index (χ4n) is 2.21. The lowest BCUT2D eigenvalue weighted by molar-refractivity contribution is -0.119. The number of nitrogens with one attached hydrogen (secondary N) is 1. The van der Waals surface area contributed by atoms with Crippen LogP contribution < -0.4 is 10.2 Å². The Labute approximate surface area is 124 Å². The number of anilines is 1. The monoisotopic (exact) mass is 287 g/mol. The van der Waals surface area contributed by atoms with Gasteiger partial charge in [-0.1, -0.05) is 23.4 Å². The Bertz CT molecular complexity index is 579. The first-order valence-electron chi connectivity index (χ1n) is 7.02. The summed E-state index contributed by atoms with van der Waals surface area (Å²) in [5, 5.41) is 11.0. The summed E-state index contributed by atoms with van der Waals surface area (Å²) in [6.07, 6.45) is 1.79. The van der Waals surface area contributed by atoms with E-state index in [-0.39, 0.29) is 18.5 Å². The average Bonchev–Trinajstić information content (AvgIpc) is 2.87. The molecular weight excluding hydrogens is 266 g/mol. The van der Waals surface area contributed by atoms with Crippen LogP contribution in [0, 0.1) is 0 Å². The molecule has 0 bridgehead atoms. The number of aromatic nitrogens is 3. The third-order valence-electron chi connectivity index (χ3n) is 3.06. The molecule has 1 aromatic heterocycles. The number of amides is 1. The van der Waals surface area contributed by atoms with Crippen molar-refractivity contribution >= 4 is 11.6 Å². The number of para-hydroxylation sites is 1. The van der Waals surface area contributed by atoms with Crippen LogP contribution in [0.1, 0.15) is 19.5 Å². The van der Waals surface area contributed by atoms with Gasteiger partial charge in [0.05, 0.1) is 11.9 Å². The van der Waals surface area contributed by atoms with E-state index in [1.54, 1.807) is 15.8 Å². The Morgan fingerprint density at radius 1 is 1.33 bits per heavy atom. The maximum atomic E-state index is 12.5. The molecule has 1 aromatic carbocycles. The average molecular weight is 287 g/mol. The van der Waals surface area contributed by atoms with Crippen LogP contribution in [-0.2, 0) is 17.9 Å². The Kier molecular flexibility index (Phi) is 5.05. The van der Waals surface area contributed by atoms with Gasteiger partial charge >= 0.3 is 0 Å². The molecule has 21 heavy (non-hydrogen) atoms. The van der Waals surface area contributed by atoms with Crippen LogP contribution in [-0.4, -0.2) is 34.0 Å². The van der Waals surface area contributed by atoms with Crippen molar-refractivity contribution < 1.29 is 4.79 Å². The molecule has 112 valence electrons. The predicted molar refractivity (Wildman–Crippen MR) is 81.8 cm³/mol. The second-order valence-corrected chi connectivity index (χ2v) is 5.13. The maximum absolute atomic E-state index is 12.5. The highest BCUT2D eigenvalue weighted by Gasteiger charge is 2.19. The molecule has 0 saturated carbocycles. The summed E-state index contributed by atoms with van der Waals surface area (Å²) < 4.78 is 1.58. The number of carbonyl (C=O) groups is 1. The van der Waals surface area contributed by atoms with Gasteiger partial charge in [-0.2, -0.15) is 0 Å². The van der Waals surface area contributed by atoms with E-state index in [1.165, 1.54) is 0 Å². The third kappa shape index (κ3) is 3.88. The van der Waals surface area contributed by atoms with Crippen molar-refractivity contribution in [2.45, 2.75) is 33.0 Å². The van der Waals surface area contributed by atoms with Crippen LogP contribution in [0.2, 0.25) is 0 Å². The van der Waals surface area contributed by atoms with E-state index in [9.17, 15) is 4.79 Å². The summed E-state index contributed by atoms with van der Waals surface area (Å²) in [4.78, 5) is 14.3. The lowest BCUT2D eigenvalue weighted by atomic mass is 10.2. The van der Waals surface area contributed by atoms with Gasteiger partial charge in [0.25, 0.3) is 0 Å². The number of hydrogen-bond donors (Lipinski definition) is 1. The summed E-state index contributed by atoms with van der Waals surface area (Å²) in [6, 6.07) is 9.75. The van der Waals surface area contributed by atoms with E-state index < -0.39 is 0 Å². The lowest BCUT2D eigenvalue weighted by Gasteiger charge is -2.26. The summed E-state index contributed by atoms with van der Waals surface area (Å²) in [7, 11) is 1.85. The molecule has 0 atom stereocenters. The molecule has 0 aliphatic heterocycles. The van der Waals surface area contributed by atoms with Gasteiger partial charge in [0.1, 0.15) is 6.54 Å². The number of hydrogen-bond acceptors (Lipinski definition) is 4. The number of benzene rings is 1. The highest BCUT2D eigenvalue weighted by molar-refractivity contribution is 5.93. The SMILES string of the molecule is CNCc1cn(CC(=O)N(c2ccccc2)C(C)C)nn1. The summed E-state index contributed by atoms with van der Waals surface area (Å²) in [6.45, 7) is 4.82. The summed E-state index contributed by atoms with van der Waals surface area (Å²) in [5.74, 6) is -0.00268. The molecule has 0 aliphatic carbocycles. The van der Waals surface area contributed by atoms with Crippen molar-refractivity contribution in [3.8, 4) is 0 Å². The van der Waals surface area contributed by atoms with Crippen LogP contribution in [0.3, 0.4) is 0 Å². The highest BCUT2D eigenvalue weighted by atomic mass is 16.2.